The molecule has 0 aliphatic heterocycles. The predicted octanol–water partition coefficient (Wildman–Crippen LogP) is 1.54. The summed E-state index contributed by atoms with van der Waals surface area (Å²) in [5, 5.41) is 2.22. The first-order valence-corrected chi connectivity index (χ1v) is 7.17. The van der Waals surface area contributed by atoms with Crippen LogP contribution in [-0.4, -0.2) is 21.9 Å². The van der Waals surface area contributed by atoms with Gasteiger partial charge in [-0.1, -0.05) is 13.8 Å². The van der Waals surface area contributed by atoms with E-state index >= 15 is 0 Å². The fraction of sp³-hybridized carbons (Fsp3) is 0.462. The van der Waals surface area contributed by atoms with Crippen molar-refractivity contribution in [1.82, 2.24) is 5.32 Å². The molecule has 0 aliphatic rings. The van der Waals surface area contributed by atoms with Crippen LogP contribution in [0.1, 0.15) is 20.8 Å². The van der Waals surface area contributed by atoms with Gasteiger partial charge in [0.25, 0.3) is 0 Å². The minimum Gasteiger partial charge on any atom is -0.399 e. The van der Waals surface area contributed by atoms with Crippen LogP contribution in [-0.2, 0) is 15.6 Å². The molecule has 2 atom stereocenters. The largest absolute Gasteiger partial charge is 0.399 e. The Bertz CT molecular complexity index is 429. The normalized spacial score (nSPS) is 14.2. The van der Waals surface area contributed by atoms with E-state index < -0.39 is 16.0 Å². The third kappa shape index (κ3) is 4.14. The molecule has 0 saturated heterocycles. The molecule has 5 heteroatoms. The number of nitrogen functional groups attached to an aromatic ring is 1. The highest BCUT2D eigenvalue weighted by atomic mass is 32.2. The number of amides is 1. The molecule has 1 rings (SSSR count). The molecule has 4 nitrogen and oxygen atoms in total. The SMILES string of the molecule is CC(C)CNC(=O)C(C)S(=O)c1ccc(N)cc1. The number of hydrogen-bond donors (Lipinski definition) is 2. The van der Waals surface area contributed by atoms with Crippen LogP contribution in [0.3, 0.4) is 0 Å². The van der Waals surface area contributed by atoms with Crippen LogP contribution in [0.25, 0.3) is 0 Å². The van der Waals surface area contributed by atoms with E-state index in [4.69, 9.17) is 5.73 Å². The first-order valence-electron chi connectivity index (χ1n) is 5.95. The molecule has 3 N–H and O–H groups in total. The van der Waals surface area contributed by atoms with E-state index in [1.54, 1.807) is 31.2 Å². The van der Waals surface area contributed by atoms with Crippen LogP contribution in [0.2, 0.25) is 0 Å². The van der Waals surface area contributed by atoms with Crippen LogP contribution in [0.5, 0.6) is 0 Å². The molecule has 0 saturated carbocycles. The summed E-state index contributed by atoms with van der Waals surface area (Å²) in [7, 11) is -1.35. The molecule has 1 aromatic rings. The fourth-order valence-corrected chi connectivity index (χ4v) is 2.44. The second kappa shape index (κ2) is 6.54. The summed E-state index contributed by atoms with van der Waals surface area (Å²) < 4.78 is 12.2. The monoisotopic (exact) mass is 268 g/mol. The number of nitrogens with two attached hydrogens (primary N) is 1. The second-order valence-corrected chi connectivity index (χ2v) is 6.42. The maximum atomic E-state index is 12.2. The first-order chi connectivity index (χ1) is 8.41. The molecule has 0 bridgehead atoms. The van der Waals surface area contributed by atoms with Gasteiger partial charge in [0.15, 0.2) is 0 Å². The molecule has 0 spiro atoms. The van der Waals surface area contributed by atoms with Crippen LogP contribution in [0, 0.1) is 5.92 Å². The van der Waals surface area contributed by atoms with Crippen LogP contribution in [0.15, 0.2) is 29.2 Å². The Kier molecular flexibility index (Phi) is 5.34. The number of nitrogens with one attached hydrogen (secondary N) is 1. The zero-order chi connectivity index (χ0) is 13.7. The van der Waals surface area contributed by atoms with Crippen molar-refractivity contribution in [1.29, 1.82) is 0 Å². The first kappa shape index (κ1) is 14.7. The highest BCUT2D eigenvalue weighted by molar-refractivity contribution is 7.86. The van der Waals surface area contributed by atoms with E-state index in [1.165, 1.54) is 0 Å². The lowest BCUT2D eigenvalue weighted by atomic mass is 10.2. The molecule has 0 fully saturated rings. The van der Waals surface area contributed by atoms with Crippen LogP contribution < -0.4 is 11.1 Å². The molecule has 0 aromatic heterocycles. The average molecular weight is 268 g/mol. The molecule has 2 unspecified atom stereocenters. The lowest BCUT2D eigenvalue weighted by Gasteiger charge is -2.13. The summed E-state index contributed by atoms with van der Waals surface area (Å²) in [6, 6.07) is 6.76. The molecule has 0 heterocycles. The van der Waals surface area contributed by atoms with E-state index in [9.17, 15) is 9.00 Å². The number of rotatable bonds is 5. The van der Waals surface area contributed by atoms with Gasteiger partial charge in [0.05, 0.1) is 10.8 Å². The number of hydrogen-bond acceptors (Lipinski definition) is 3. The highest BCUT2D eigenvalue weighted by Gasteiger charge is 2.21. The summed E-state index contributed by atoms with van der Waals surface area (Å²) in [6.45, 7) is 6.30. The van der Waals surface area contributed by atoms with E-state index in [1.807, 2.05) is 13.8 Å². The quantitative estimate of drug-likeness (QED) is 0.796. The smallest absolute Gasteiger partial charge is 0.235 e. The van der Waals surface area contributed by atoms with Gasteiger partial charge in [0.1, 0.15) is 5.25 Å². The molecule has 0 radical (unpaired) electrons. The summed E-state index contributed by atoms with van der Waals surface area (Å²) in [4.78, 5) is 12.4. The van der Waals surface area contributed by atoms with Crippen molar-refractivity contribution in [3.8, 4) is 0 Å². The van der Waals surface area contributed by atoms with Crippen molar-refractivity contribution < 1.29 is 9.00 Å². The number of carbonyl (C=O) groups is 1. The van der Waals surface area contributed by atoms with Gasteiger partial charge < -0.3 is 11.1 Å². The fourth-order valence-electron chi connectivity index (χ4n) is 1.35. The Labute approximate surface area is 110 Å². The van der Waals surface area contributed by atoms with E-state index in [2.05, 4.69) is 5.32 Å². The molecule has 1 amide bonds. The lowest BCUT2D eigenvalue weighted by Crippen LogP contribution is -2.37. The Morgan fingerprint density at radius 3 is 2.33 bits per heavy atom. The van der Waals surface area contributed by atoms with Crippen molar-refractivity contribution >= 4 is 22.4 Å². The van der Waals surface area contributed by atoms with Crippen molar-refractivity contribution in [3.63, 3.8) is 0 Å². The number of anilines is 1. The maximum absolute atomic E-state index is 12.2. The van der Waals surface area contributed by atoms with Gasteiger partial charge in [-0.15, -0.1) is 0 Å². The van der Waals surface area contributed by atoms with Crippen molar-refractivity contribution in [2.24, 2.45) is 5.92 Å². The molecular weight excluding hydrogens is 248 g/mol. The standard InChI is InChI=1S/C13H20N2O2S/c1-9(2)8-15-13(16)10(3)18(17)12-6-4-11(14)5-7-12/h4-7,9-10H,8,14H2,1-3H3,(H,15,16). The Morgan fingerprint density at radius 1 is 1.28 bits per heavy atom. The Balaban J connectivity index is 2.66. The van der Waals surface area contributed by atoms with Gasteiger partial charge in [0, 0.05) is 17.1 Å². The second-order valence-electron chi connectivity index (χ2n) is 4.65. The summed E-state index contributed by atoms with van der Waals surface area (Å²) in [5.41, 5.74) is 6.18. The van der Waals surface area contributed by atoms with Gasteiger partial charge >= 0.3 is 0 Å². The zero-order valence-corrected chi connectivity index (χ0v) is 11.8. The molecule has 100 valence electrons. The van der Waals surface area contributed by atoms with E-state index in [0.717, 1.165) is 0 Å². The van der Waals surface area contributed by atoms with E-state index in [0.29, 0.717) is 23.0 Å². The Hall–Kier alpha value is -1.36. The lowest BCUT2D eigenvalue weighted by molar-refractivity contribution is -0.120. The van der Waals surface area contributed by atoms with Crippen molar-refractivity contribution in [3.05, 3.63) is 24.3 Å². The number of benzene rings is 1. The minimum atomic E-state index is -1.35. The third-order valence-electron chi connectivity index (χ3n) is 2.49. The molecule has 18 heavy (non-hydrogen) atoms. The summed E-state index contributed by atoms with van der Waals surface area (Å²) >= 11 is 0. The average Bonchev–Trinajstić information content (AvgIpc) is 2.35. The third-order valence-corrected chi connectivity index (χ3v) is 4.08. The van der Waals surface area contributed by atoms with Gasteiger partial charge in [-0.2, -0.15) is 0 Å². The maximum Gasteiger partial charge on any atom is 0.235 e. The van der Waals surface area contributed by atoms with Gasteiger partial charge in [-0.3, -0.25) is 9.00 Å². The zero-order valence-electron chi connectivity index (χ0n) is 11.0. The van der Waals surface area contributed by atoms with E-state index in [-0.39, 0.29) is 5.91 Å². The minimum absolute atomic E-state index is 0.182. The van der Waals surface area contributed by atoms with Gasteiger partial charge in [-0.05, 0) is 37.1 Å². The van der Waals surface area contributed by atoms with Crippen LogP contribution in [0.4, 0.5) is 5.69 Å². The van der Waals surface area contributed by atoms with Crippen LogP contribution >= 0.6 is 0 Å². The molecule has 1 aromatic carbocycles. The highest BCUT2D eigenvalue weighted by Crippen LogP contribution is 2.13. The Morgan fingerprint density at radius 2 is 1.83 bits per heavy atom. The predicted molar refractivity (Wildman–Crippen MR) is 74.6 cm³/mol. The summed E-state index contributed by atoms with van der Waals surface area (Å²) in [6.07, 6.45) is 0. The van der Waals surface area contributed by atoms with Crippen molar-refractivity contribution in [2.75, 3.05) is 12.3 Å². The number of carbonyl (C=O) groups excluding carboxylic acids is 1. The van der Waals surface area contributed by atoms with Gasteiger partial charge in [0.2, 0.25) is 5.91 Å². The topological polar surface area (TPSA) is 72.2 Å². The molecule has 0 aliphatic carbocycles. The van der Waals surface area contributed by atoms with Gasteiger partial charge in [-0.25, -0.2) is 0 Å². The summed E-state index contributed by atoms with van der Waals surface area (Å²) in [5.74, 6) is 0.199. The van der Waals surface area contributed by atoms with Crippen molar-refractivity contribution in [2.45, 2.75) is 30.9 Å². The molecular formula is C13H20N2O2S.